The second-order valence-corrected chi connectivity index (χ2v) is 6.16. The first-order valence-electron chi connectivity index (χ1n) is 8.35. The van der Waals surface area contributed by atoms with Crippen molar-refractivity contribution in [3.63, 3.8) is 0 Å². The molecule has 0 bridgehead atoms. The second-order valence-electron chi connectivity index (χ2n) is 6.16. The largest absolute Gasteiger partial charge is 0.388 e. The molecule has 1 heteroatoms. The summed E-state index contributed by atoms with van der Waals surface area (Å²) < 4.78 is 0. The van der Waals surface area contributed by atoms with Crippen molar-refractivity contribution in [2.24, 2.45) is 5.92 Å². The Morgan fingerprint density at radius 2 is 1.55 bits per heavy atom. The zero-order chi connectivity index (χ0) is 15.2. The Hall–Kier alpha value is -1.86. The summed E-state index contributed by atoms with van der Waals surface area (Å²) in [5.41, 5.74) is 3.44. The van der Waals surface area contributed by atoms with Crippen molar-refractivity contribution < 1.29 is 5.11 Å². The first-order valence-corrected chi connectivity index (χ1v) is 8.35. The van der Waals surface area contributed by atoms with E-state index in [9.17, 15) is 5.11 Å². The van der Waals surface area contributed by atoms with Gasteiger partial charge in [0.25, 0.3) is 0 Å². The zero-order valence-electron chi connectivity index (χ0n) is 13.0. The summed E-state index contributed by atoms with van der Waals surface area (Å²) in [7, 11) is 0. The summed E-state index contributed by atoms with van der Waals surface area (Å²) in [4.78, 5) is 0. The molecule has 2 atom stereocenters. The second kappa shape index (κ2) is 7.42. The third-order valence-corrected chi connectivity index (χ3v) is 4.56. The van der Waals surface area contributed by atoms with Gasteiger partial charge in [-0.15, -0.1) is 0 Å². The van der Waals surface area contributed by atoms with Crippen LogP contribution in [0, 0.1) is 5.92 Å². The predicted octanol–water partition coefficient (Wildman–Crippen LogP) is 5.52. The summed E-state index contributed by atoms with van der Waals surface area (Å²) in [6, 6.07) is 18.7. The molecule has 0 spiro atoms. The Balaban J connectivity index is 1.75. The monoisotopic (exact) mass is 292 g/mol. The smallest absolute Gasteiger partial charge is 0.0852 e. The highest BCUT2D eigenvalue weighted by molar-refractivity contribution is 5.63. The summed E-state index contributed by atoms with van der Waals surface area (Å²) in [6.45, 7) is 0. The normalized spacial score (nSPS) is 21.6. The lowest BCUT2D eigenvalue weighted by molar-refractivity contribution is 0.124. The molecule has 22 heavy (non-hydrogen) atoms. The van der Waals surface area contributed by atoms with Crippen molar-refractivity contribution in [3.8, 4) is 11.1 Å². The van der Waals surface area contributed by atoms with Gasteiger partial charge in [-0.2, -0.15) is 0 Å². The molecule has 2 aromatic carbocycles. The van der Waals surface area contributed by atoms with Crippen LogP contribution >= 0.6 is 0 Å². The minimum absolute atomic E-state index is 0.253. The number of aliphatic hydroxyl groups is 1. The lowest BCUT2D eigenvalue weighted by Gasteiger charge is -2.22. The van der Waals surface area contributed by atoms with E-state index in [4.69, 9.17) is 0 Å². The van der Waals surface area contributed by atoms with Gasteiger partial charge in [0.15, 0.2) is 0 Å². The van der Waals surface area contributed by atoms with Gasteiger partial charge < -0.3 is 5.11 Å². The summed E-state index contributed by atoms with van der Waals surface area (Å²) in [6.07, 6.45) is 10.1. The minimum Gasteiger partial charge on any atom is -0.388 e. The fourth-order valence-corrected chi connectivity index (χ4v) is 3.20. The third-order valence-electron chi connectivity index (χ3n) is 4.56. The molecule has 1 N–H and O–H groups in total. The van der Waals surface area contributed by atoms with Crippen molar-refractivity contribution in [1.82, 2.24) is 0 Å². The molecule has 0 radical (unpaired) electrons. The van der Waals surface area contributed by atoms with E-state index < -0.39 is 0 Å². The van der Waals surface area contributed by atoms with E-state index >= 15 is 0 Å². The van der Waals surface area contributed by atoms with Crippen molar-refractivity contribution in [2.45, 2.75) is 38.2 Å². The molecular formula is C21H24O. The third kappa shape index (κ3) is 3.66. The number of aliphatic hydroxyl groups excluding tert-OH is 1. The van der Waals surface area contributed by atoms with Gasteiger partial charge in [-0.05, 0) is 36.0 Å². The SMILES string of the molecule is OC(c1ccc(-c2ccccc2)cc1)C1/C=C\CCCCC1. The van der Waals surface area contributed by atoms with E-state index in [1.165, 1.54) is 30.4 Å². The number of allylic oxidation sites excluding steroid dienone is 1. The van der Waals surface area contributed by atoms with Crippen LogP contribution in [0.2, 0.25) is 0 Å². The maximum Gasteiger partial charge on any atom is 0.0852 e. The van der Waals surface area contributed by atoms with Gasteiger partial charge in [0.2, 0.25) is 0 Å². The lowest BCUT2D eigenvalue weighted by Crippen LogP contribution is -2.11. The van der Waals surface area contributed by atoms with Crippen LogP contribution in [-0.4, -0.2) is 5.11 Å². The van der Waals surface area contributed by atoms with Gasteiger partial charge in [0.05, 0.1) is 6.10 Å². The highest BCUT2D eigenvalue weighted by atomic mass is 16.3. The number of benzene rings is 2. The van der Waals surface area contributed by atoms with Crippen molar-refractivity contribution in [1.29, 1.82) is 0 Å². The van der Waals surface area contributed by atoms with Gasteiger partial charge in [0.1, 0.15) is 0 Å². The van der Waals surface area contributed by atoms with Gasteiger partial charge in [0, 0.05) is 5.92 Å². The molecule has 0 saturated heterocycles. The summed E-state index contributed by atoms with van der Waals surface area (Å²) in [5.74, 6) is 0.253. The van der Waals surface area contributed by atoms with E-state index in [0.29, 0.717) is 0 Å². The van der Waals surface area contributed by atoms with Crippen LogP contribution in [0.15, 0.2) is 66.7 Å². The Bertz CT molecular complexity index is 598. The Morgan fingerprint density at radius 1 is 0.818 bits per heavy atom. The molecule has 1 aliphatic carbocycles. The van der Waals surface area contributed by atoms with Crippen LogP contribution in [0.5, 0.6) is 0 Å². The Kier molecular flexibility index (Phi) is 5.07. The average Bonchev–Trinajstić information content (AvgIpc) is 2.55. The van der Waals surface area contributed by atoms with E-state index in [0.717, 1.165) is 18.4 Å². The molecule has 0 aliphatic heterocycles. The van der Waals surface area contributed by atoms with Crippen LogP contribution in [0.4, 0.5) is 0 Å². The molecule has 0 fully saturated rings. The number of hydrogen-bond acceptors (Lipinski definition) is 1. The fourth-order valence-electron chi connectivity index (χ4n) is 3.20. The maximum absolute atomic E-state index is 10.7. The molecule has 3 rings (SSSR count). The quantitative estimate of drug-likeness (QED) is 0.738. The van der Waals surface area contributed by atoms with Gasteiger partial charge >= 0.3 is 0 Å². The van der Waals surface area contributed by atoms with Crippen molar-refractivity contribution in [3.05, 3.63) is 72.3 Å². The topological polar surface area (TPSA) is 20.2 Å². The molecule has 2 unspecified atom stereocenters. The average molecular weight is 292 g/mol. The fraction of sp³-hybridized carbons (Fsp3) is 0.333. The standard InChI is InChI=1S/C21H24O/c22-21(19-11-5-2-1-3-6-12-19)20-15-13-18(14-16-20)17-9-7-4-8-10-17/h4-5,7-11,13-16,19,21-22H,1-3,6,12H2/b11-5-. The van der Waals surface area contributed by atoms with Gasteiger partial charge in [-0.3, -0.25) is 0 Å². The Morgan fingerprint density at radius 3 is 2.32 bits per heavy atom. The highest BCUT2D eigenvalue weighted by Crippen LogP contribution is 2.30. The summed E-state index contributed by atoms with van der Waals surface area (Å²) >= 11 is 0. The molecule has 1 aliphatic rings. The molecule has 114 valence electrons. The molecule has 0 saturated carbocycles. The van der Waals surface area contributed by atoms with Crippen LogP contribution < -0.4 is 0 Å². The van der Waals surface area contributed by atoms with E-state index in [-0.39, 0.29) is 12.0 Å². The van der Waals surface area contributed by atoms with Crippen LogP contribution in [0.25, 0.3) is 11.1 Å². The van der Waals surface area contributed by atoms with Crippen molar-refractivity contribution >= 4 is 0 Å². The predicted molar refractivity (Wildman–Crippen MR) is 92.6 cm³/mol. The molecule has 0 aromatic heterocycles. The molecule has 0 heterocycles. The van der Waals surface area contributed by atoms with Crippen molar-refractivity contribution in [2.75, 3.05) is 0 Å². The van der Waals surface area contributed by atoms with Gasteiger partial charge in [-0.25, -0.2) is 0 Å². The number of hydrogen-bond donors (Lipinski definition) is 1. The maximum atomic E-state index is 10.7. The molecule has 1 nitrogen and oxygen atoms in total. The Labute approximate surface area is 133 Å². The van der Waals surface area contributed by atoms with E-state index in [2.05, 4.69) is 60.7 Å². The lowest BCUT2D eigenvalue weighted by atomic mass is 9.88. The summed E-state index contributed by atoms with van der Waals surface area (Å²) in [5, 5.41) is 10.7. The molecule has 0 amide bonds. The van der Waals surface area contributed by atoms with Crippen LogP contribution in [0.1, 0.15) is 43.8 Å². The molecular weight excluding hydrogens is 268 g/mol. The van der Waals surface area contributed by atoms with Crippen LogP contribution in [-0.2, 0) is 0 Å². The first kappa shape index (κ1) is 15.1. The molecule has 2 aromatic rings. The minimum atomic E-state index is -0.390. The number of rotatable bonds is 3. The first-order chi connectivity index (χ1) is 10.8. The van der Waals surface area contributed by atoms with E-state index in [1.54, 1.807) is 0 Å². The van der Waals surface area contributed by atoms with E-state index in [1.807, 2.05) is 6.07 Å². The van der Waals surface area contributed by atoms with Crippen LogP contribution in [0.3, 0.4) is 0 Å². The zero-order valence-corrected chi connectivity index (χ0v) is 13.0. The highest BCUT2D eigenvalue weighted by Gasteiger charge is 2.18. The van der Waals surface area contributed by atoms with Gasteiger partial charge in [-0.1, -0.05) is 79.6 Å².